The molecule has 1 aromatic heterocycles. The molecule has 2 N–H and O–H groups in total. The number of carbonyl (C=O) groups is 1. The predicted octanol–water partition coefficient (Wildman–Crippen LogP) is 4.56. The second-order valence-corrected chi connectivity index (χ2v) is 7.46. The van der Waals surface area contributed by atoms with Crippen LogP contribution < -0.4 is 10.2 Å². The molecule has 1 amide bonds. The summed E-state index contributed by atoms with van der Waals surface area (Å²) >= 11 is 7.30. The summed E-state index contributed by atoms with van der Waals surface area (Å²) in [5.41, 5.74) is 5.67. The number of carbonyl (C=O) groups excluding carboxylic acids is 1. The zero-order valence-electron chi connectivity index (χ0n) is 15.5. The summed E-state index contributed by atoms with van der Waals surface area (Å²) in [6, 6.07) is 10.4. The standard InChI is InChI=1S/C20H18ClN3O3S/c1-11-8-14(21)5-6-15(11)20-23-12(2)18(28-20)19(26)24-22-10-13-4-7-17(27-3)16(25)9-13/h4-10,25H,1-3H3,(H,24,26)/b22-10+. The maximum Gasteiger partial charge on any atom is 0.283 e. The van der Waals surface area contributed by atoms with Crippen molar-refractivity contribution in [3.63, 3.8) is 0 Å². The van der Waals surface area contributed by atoms with Gasteiger partial charge < -0.3 is 9.84 Å². The highest BCUT2D eigenvalue weighted by Gasteiger charge is 2.17. The molecule has 1 heterocycles. The Labute approximate surface area is 171 Å². The van der Waals surface area contributed by atoms with Crippen molar-refractivity contribution < 1.29 is 14.6 Å². The topological polar surface area (TPSA) is 83.8 Å². The lowest BCUT2D eigenvalue weighted by atomic mass is 10.1. The molecule has 6 nitrogen and oxygen atoms in total. The van der Waals surface area contributed by atoms with E-state index in [1.165, 1.54) is 30.7 Å². The number of aromatic nitrogens is 1. The van der Waals surface area contributed by atoms with E-state index in [9.17, 15) is 9.90 Å². The number of hydrogen-bond acceptors (Lipinski definition) is 6. The number of phenols is 1. The van der Waals surface area contributed by atoms with E-state index in [1.807, 2.05) is 19.1 Å². The minimum atomic E-state index is -0.346. The number of phenolic OH excluding ortho intramolecular Hbond substituents is 1. The number of ether oxygens (including phenoxy) is 1. The molecule has 0 saturated carbocycles. The molecule has 8 heteroatoms. The first-order chi connectivity index (χ1) is 13.4. The maximum atomic E-state index is 12.5. The number of aromatic hydroxyl groups is 1. The molecule has 3 aromatic rings. The first kappa shape index (κ1) is 19.9. The van der Waals surface area contributed by atoms with Gasteiger partial charge in [-0.1, -0.05) is 17.7 Å². The molecule has 0 unspecified atom stereocenters. The van der Waals surface area contributed by atoms with Crippen molar-refractivity contribution in [1.29, 1.82) is 0 Å². The largest absolute Gasteiger partial charge is 0.504 e. The number of halogens is 1. The highest BCUT2D eigenvalue weighted by Crippen LogP contribution is 2.31. The number of hydrazone groups is 1. The van der Waals surface area contributed by atoms with E-state index < -0.39 is 0 Å². The number of rotatable bonds is 5. The second kappa shape index (κ2) is 8.41. The SMILES string of the molecule is COc1ccc(/C=N/NC(=O)c2sc(-c3ccc(Cl)cc3C)nc2C)cc1O. The fraction of sp³-hybridized carbons (Fsp3) is 0.150. The van der Waals surface area contributed by atoms with E-state index in [4.69, 9.17) is 16.3 Å². The second-order valence-electron chi connectivity index (χ2n) is 6.02. The molecule has 0 radical (unpaired) electrons. The highest BCUT2D eigenvalue weighted by molar-refractivity contribution is 7.17. The van der Waals surface area contributed by atoms with Crippen LogP contribution in [0.5, 0.6) is 11.5 Å². The van der Waals surface area contributed by atoms with Crippen LogP contribution in [0.25, 0.3) is 10.6 Å². The fourth-order valence-electron chi connectivity index (χ4n) is 2.59. The van der Waals surface area contributed by atoms with Gasteiger partial charge in [-0.2, -0.15) is 5.10 Å². The molecule has 0 saturated heterocycles. The molecular formula is C20H18ClN3O3S. The smallest absolute Gasteiger partial charge is 0.283 e. The van der Waals surface area contributed by atoms with Crippen molar-refractivity contribution in [1.82, 2.24) is 10.4 Å². The maximum absolute atomic E-state index is 12.5. The summed E-state index contributed by atoms with van der Waals surface area (Å²) in [5.74, 6) is 0.0207. The summed E-state index contributed by atoms with van der Waals surface area (Å²) in [4.78, 5) is 17.5. The minimum Gasteiger partial charge on any atom is -0.504 e. The van der Waals surface area contributed by atoms with E-state index in [0.717, 1.165) is 16.1 Å². The van der Waals surface area contributed by atoms with Crippen molar-refractivity contribution in [2.75, 3.05) is 7.11 Å². The van der Waals surface area contributed by atoms with Gasteiger partial charge in [-0.05, 0) is 55.3 Å². The van der Waals surface area contributed by atoms with Gasteiger partial charge in [0, 0.05) is 10.6 Å². The monoisotopic (exact) mass is 415 g/mol. The predicted molar refractivity (Wildman–Crippen MR) is 112 cm³/mol. The Bertz CT molecular complexity index is 1060. The van der Waals surface area contributed by atoms with Crippen LogP contribution in [0.4, 0.5) is 0 Å². The van der Waals surface area contributed by atoms with E-state index in [2.05, 4.69) is 15.5 Å². The van der Waals surface area contributed by atoms with Gasteiger partial charge in [0.15, 0.2) is 11.5 Å². The van der Waals surface area contributed by atoms with Gasteiger partial charge in [-0.3, -0.25) is 4.79 Å². The Morgan fingerprint density at radius 3 is 2.75 bits per heavy atom. The van der Waals surface area contributed by atoms with Gasteiger partial charge in [0.1, 0.15) is 9.88 Å². The molecule has 0 spiro atoms. The molecule has 3 rings (SSSR count). The fourth-order valence-corrected chi connectivity index (χ4v) is 3.87. The Hall–Kier alpha value is -2.90. The van der Waals surface area contributed by atoms with E-state index in [1.54, 1.807) is 25.1 Å². The Morgan fingerprint density at radius 1 is 1.29 bits per heavy atom. The van der Waals surface area contributed by atoms with Crippen LogP contribution in [0.2, 0.25) is 5.02 Å². The summed E-state index contributed by atoms with van der Waals surface area (Å²) in [7, 11) is 1.47. The molecule has 0 fully saturated rings. The van der Waals surface area contributed by atoms with Gasteiger partial charge in [0.2, 0.25) is 0 Å². The summed E-state index contributed by atoms with van der Waals surface area (Å²) in [6.07, 6.45) is 1.44. The zero-order chi connectivity index (χ0) is 20.3. The van der Waals surface area contributed by atoms with Crippen molar-refractivity contribution in [2.24, 2.45) is 5.10 Å². The lowest BCUT2D eigenvalue weighted by Gasteiger charge is -2.03. The highest BCUT2D eigenvalue weighted by atomic mass is 35.5. The molecule has 2 aromatic carbocycles. The van der Waals surface area contributed by atoms with E-state index in [-0.39, 0.29) is 11.7 Å². The Balaban J connectivity index is 1.74. The molecule has 0 aliphatic rings. The molecule has 144 valence electrons. The average molecular weight is 416 g/mol. The third-order valence-electron chi connectivity index (χ3n) is 4.00. The van der Waals surface area contributed by atoms with Crippen LogP contribution in [0.15, 0.2) is 41.5 Å². The summed E-state index contributed by atoms with van der Waals surface area (Å²) < 4.78 is 4.99. The number of hydrogen-bond donors (Lipinski definition) is 2. The van der Waals surface area contributed by atoms with Crippen LogP contribution in [0.3, 0.4) is 0 Å². The normalized spacial score (nSPS) is 11.0. The van der Waals surface area contributed by atoms with Crippen LogP contribution in [0, 0.1) is 13.8 Å². The molecule has 0 bridgehead atoms. The summed E-state index contributed by atoms with van der Waals surface area (Å²) in [6.45, 7) is 3.73. The molecule has 28 heavy (non-hydrogen) atoms. The lowest BCUT2D eigenvalue weighted by molar-refractivity contribution is 0.0958. The number of nitrogens with one attached hydrogen (secondary N) is 1. The van der Waals surface area contributed by atoms with Crippen LogP contribution in [-0.4, -0.2) is 29.3 Å². The van der Waals surface area contributed by atoms with Crippen LogP contribution in [-0.2, 0) is 0 Å². The zero-order valence-corrected chi connectivity index (χ0v) is 17.1. The van der Waals surface area contributed by atoms with Crippen molar-refractivity contribution >= 4 is 35.1 Å². The lowest BCUT2D eigenvalue weighted by Crippen LogP contribution is -2.17. The molecular weight excluding hydrogens is 398 g/mol. The Morgan fingerprint density at radius 2 is 2.07 bits per heavy atom. The van der Waals surface area contributed by atoms with Gasteiger partial charge >= 0.3 is 0 Å². The first-order valence-electron chi connectivity index (χ1n) is 8.33. The minimum absolute atomic E-state index is 0.000876. The Kier molecular flexibility index (Phi) is 5.96. The van der Waals surface area contributed by atoms with Crippen LogP contribution in [0.1, 0.15) is 26.5 Å². The van der Waals surface area contributed by atoms with Crippen LogP contribution >= 0.6 is 22.9 Å². The third-order valence-corrected chi connectivity index (χ3v) is 5.43. The summed E-state index contributed by atoms with van der Waals surface area (Å²) in [5, 5.41) is 15.1. The average Bonchev–Trinajstić information content (AvgIpc) is 3.03. The number of thiazole rings is 1. The van der Waals surface area contributed by atoms with Crippen molar-refractivity contribution in [3.05, 3.63) is 63.1 Å². The number of benzene rings is 2. The third kappa shape index (κ3) is 4.32. The number of methoxy groups -OCH3 is 1. The van der Waals surface area contributed by atoms with Gasteiger partial charge in [0.05, 0.1) is 19.0 Å². The van der Waals surface area contributed by atoms with E-state index >= 15 is 0 Å². The van der Waals surface area contributed by atoms with Gasteiger partial charge in [0.25, 0.3) is 5.91 Å². The number of amides is 1. The van der Waals surface area contributed by atoms with Gasteiger partial charge in [-0.15, -0.1) is 11.3 Å². The van der Waals surface area contributed by atoms with E-state index in [0.29, 0.717) is 26.9 Å². The van der Waals surface area contributed by atoms with Crippen molar-refractivity contribution in [2.45, 2.75) is 13.8 Å². The molecule has 0 aliphatic heterocycles. The van der Waals surface area contributed by atoms with Gasteiger partial charge in [-0.25, -0.2) is 10.4 Å². The number of aryl methyl sites for hydroxylation is 2. The quantitative estimate of drug-likeness (QED) is 0.472. The molecule has 0 atom stereocenters. The molecule has 0 aliphatic carbocycles. The number of nitrogens with zero attached hydrogens (tertiary/aromatic N) is 2. The van der Waals surface area contributed by atoms with Crippen molar-refractivity contribution in [3.8, 4) is 22.1 Å². The first-order valence-corrected chi connectivity index (χ1v) is 9.53.